The number of benzene rings is 13. The first-order valence-corrected chi connectivity index (χ1v) is 27.9. The van der Waals surface area contributed by atoms with Crippen molar-refractivity contribution in [2.45, 2.75) is 6.92 Å². The second kappa shape index (κ2) is 21.4. The standard InChI is InChI=1S/C77H56BN3/c1-53-48-62(57-26-13-5-14-27-57)39-46-73(53)81-74-47-44-68(80(66-40-34-59(35-41-66)54-20-7-2-8-21-54)67-42-36-60(37-43-67)55-22-9-3-10-23-55)52-71(74)78-77-75(81)51-64-30-17-18-33-69(64)76(77)70-50-63(58-28-15-6-16-29-58)38-45-72(70)79-65-32-19-31-61(49-65)56-24-11-4-12-25-56/h2-52,78-79H,1H3. The van der Waals surface area contributed by atoms with Crippen LogP contribution in [-0.4, -0.2) is 7.28 Å². The molecule has 1 aliphatic rings. The maximum Gasteiger partial charge on any atom is 0.198 e. The molecule has 0 unspecified atom stereocenters. The van der Waals surface area contributed by atoms with E-state index in [0.717, 1.165) is 56.5 Å². The molecule has 0 saturated carbocycles. The van der Waals surface area contributed by atoms with E-state index in [1.807, 2.05) is 0 Å². The fraction of sp³-hybridized carbons (Fsp3) is 0.0130. The van der Waals surface area contributed by atoms with Gasteiger partial charge in [0.25, 0.3) is 0 Å². The molecule has 14 rings (SSSR count). The number of anilines is 8. The van der Waals surface area contributed by atoms with Gasteiger partial charge in [-0.15, -0.1) is 0 Å². The fourth-order valence-corrected chi connectivity index (χ4v) is 12.0. The average molecular weight is 1030 g/mol. The van der Waals surface area contributed by atoms with E-state index >= 15 is 0 Å². The van der Waals surface area contributed by atoms with Crippen molar-refractivity contribution in [3.05, 3.63) is 315 Å². The predicted molar refractivity (Wildman–Crippen MR) is 347 cm³/mol. The third-order valence-electron chi connectivity index (χ3n) is 16.0. The highest BCUT2D eigenvalue weighted by Crippen LogP contribution is 2.46. The summed E-state index contributed by atoms with van der Waals surface area (Å²) in [5, 5.41) is 6.38. The highest BCUT2D eigenvalue weighted by Gasteiger charge is 2.31. The first kappa shape index (κ1) is 48.9. The molecular formula is C77H56BN3. The molecule has 13 aromatic carbocycles. The second-order valence-electron chi connectivity index (χ2n) is 21.0. The molecule has 3 nitrogen and oxygen atoms in total. The smallest absolute Gasteiger partial charge is 0.198 e. The number of fused-ring (bicyclic) bond motifs is 3. The third-order valence-corrected chi connectivity index (χ3v) is 16.0. The second-order valence-corrected chi connectivity index (χ2v) is 21.0. The van der Waals surface area contributed by atoms with Crippen LogP contribution in [0.3, 0.4) is 0 Å². The Hall–Kier alpha value is -10.4. The van der Waals surface area contributed by atoms with Crippen LogP contribution in [0.15, 0.2) is 309 Å². The number of nitrogens with one attached hydrogen (secondary N) is 1. The van der Waals surface area contributed by atoms with Crippen molar-refractivity contribution in [2.24, 2.45) is 0 Å². The monoisotopic (exact) mass is 1030 g/mol. The van der Waals surface area contributed by atoms with Crippen molar-refractivity contribution in [3.8, 4) is 66.8 Å². The van der Waals surface area contributed by atoms with Crippen LogP contribution in [0, 0.1) is 6.92 Å². The van der Waals surface area contributed by atoms with Crippen LogP contribution in [0.4, 0.5) is 45.5 Å². The highest BCUT2D eigenvalue weighted by molar-refractivity contribution is 6.74. The normalized spacial score (nSPS) is 11.6. The number of nitrogens with zero attached hydrogens (tertiary/aromatic N) is 2. The Morgan fingerprint density at radius 3 is 1.35 bits per heavy atom. The van der Waals surface area contributed by atoms with Crippen molar-refractivity contribution in [2.75, 3.05) is 15.1 Å². The summed E-state index contributed by atoms with van der Waals surface area (Å²) < 4.78 is 0. The predicted octanol–water partition coefficient (Wildman–Crippen LogP) is 19.5. The molecule has 0 fully saturated rings. The van der Waals surface area contributed by atoms with E-state index in [9.17, 15) is 0 Å². The van der Waals surface area contributed by atoms with Crippen molar-refractivity contribution in [1.29, 1.82) is 0 Å². The summed E-state index contributed by atoms with van der Waals surface area (Å²) in [5.41, 5.74) is 26.7. The van der Waals surface area contributed by atoms with E-state index in [-0.39, 0.29) is 0 Å². The Kier molecular flexibility index (Phi) is 12.9. The molecule has 0 bridgehead atoms. The Bertz CT molecular complexity index is 4290. The van der Waals surface area contributed by atoms with Crippen molar-refractivity contribution in [3.63, 3.8) is 0 Å². The molecule has 0 amide bonds. The minimum absolute atomic E-state index is 0.697. The lowest BCUT2D eigenvalue weighted by Crippen LogP contribution is -2.41. The zero-order chi connectivity index (χ0) is 54.1. The van der Waals surface area contributed by atoms with E-state index in [2.05, 4.69) is 331 Å². The minimum Gasteiger partial charge on any atom is -0.355 e. The molecule has 0 spiro atoms. The molecule has 0 aromatic heterocycles. The summed E-state index contributed by atoms with van der Waals surface area (Å²) in [4.78, 5) is 4.96. The van der Waals surface area contributed by atoms with Gasteiger partial charge in [-0.3, -0.25) is 0 Å². The molecule has 1 heterocycles. The maximum atomic E-state index is 3.99. The van der Waals surface area contributed by atoms with Crippen LogP contribution in [0.5, 0.6) is 0 Å². The number of rotatable bonds is 12. The lowest BCUT2D eigenvalue weighted by Gasteiger charge is -2.37. The Morgan fingerprint density at radius 2 is 0.778 bits per heavy atom. The van der Waals surface area contributed by atoms with Crippen LogP contribution in [-0.2, 0) is 0 Å². The first-order chi connectivity index (χ1) is 40.1. The summed E-state index contributed by atoms with van der Waals surface area (Å²) in [6.07, 6.45) is 0. The molecule has 0 saturated heterocycles. The Morgan fingerprint density at radius 1 is 0.333 bits per heavy atom. The molecule has 1 N–H and O–H groups in total. The maximum absolute atomic E-state index is 3.99. The van der Waals surface area contributed by atoms with Crippen molar-refractivity contribution in [1.82, 2.24) is 0 Å². The Labute approximate surface area is 475 Å². The third kappa shape index (κ3) is 9.64. The summed E-state index contributed by atoms with van der Waals surface area (Å²) in [7, 11) is 0.697. The van der Waals surface area contributed by atoms with E-state index in [1.165, 1.54) is 83.0 Å². The number of hydrogen-bond donors (Lipinski definition) is 1. The van der Waals surface area contributed by atoms with E-state index in [1.54, 1.807) is 0 Å². The molecule has 81 heavy (non-hydrogen) atoms. The first-order valence-electron chi connectivity index (χ1n) is 27.9. The van der Waals surface area contributed by atoms with Crippen molar-refractivity contribution < 1.29 is 0 Å². The molecule has 13 aromatic rings. The molecule has 0 aliphatic carbocycles. The molecule has 4 heteroatoms. The average Bonchev–Trinajstić information content (AvgIpc) is 3.26. The Balaban J connectivity index is 0.981. The quantitative estimate of drug-likeness (QED) is 0.123. The van der Waals surface area contributed by atoms with Crippen molar-refractivity contribution >= 4 is 74.5 Å². The van der Waals surface area contributed by atoms with Gasteiger partial charge >= 0.3 is 0 Å². The molecule has 0 radical (unpaired) electrons. The topological polar surface area (TPSA) is 18.5 Å². The van der Waals surface area contributed by atoms with Gasteiger partial charge in [-0.1, -0.05) is 230 Å². The van der Waals surface area contributed by atoms with Gasteiger partial charge in [0.15, 0.2) is 7.28 Å². The van der Waals surface area contributed by atoms with Crippen LogP contribution < -0.4 is 26.0 Å². The minimum atomic E-state index is 0.697. The molecule has 1 aliphatic heterocycles. The molecular weight excluding hydrogens is 978 g/mol. The van der Waals surface area contributed by atoms with Gasteiger partial charge in [-0.25, -0.2) is 0 Å². The van der Waals surface area contributed by atoms with Crippen LogP contribution >= 0.6 is 0 Å². The lowest BCUT2D eigenvalue weighted by molar-refractivity contribution is 1.25. The van der Waals surface area contributed by atoms with Crippen LogP contribution in [0.25, 0.3) is 77.5 Å². The van der Waals surface area contributed by atoms with E-state index in [0.29, 0.717) is 7.28 Å². The van der Waals surface area contributed by atoms with Gasteiger partial charge in [-0.2, -0.15) is 0 Å². The van der Waals surface area contributed by atoms with Gasteiger partial charge < -0.3 is 15.1 Å². The van der Waals surface area contributed by atoms with Gasteiger partial charge in [0.2, 0.25) is 0 Å². The molecule has 382 valence electrons. The SMILES string of the molecule is Cc1cc(-c2ccccc2)ccc1N1c2ccc(N(c3ccc(-c4ccccc4)cc3)c3ccc(-c4ccccc4)cc3)cc2Bc2c1cc1ccccc1c2-c1cc(-c2ccccc2)ccc1Nc1cccc(-c2ccccc2)c1. The van der Waals surface area contributed by atoms with Gasteiger partial charge in [0.05, 0.1) is 0 Å². The summed E-state index contributed by atoms with van der Waals surface area (Å²) in [6.45, 7) is 2.26. The zero-order valence-corrected chi connectivity index (χ0v) is 45.0. The number of aryl methyl sites for hydroxylation is 1. The van der Waals surface area contributed by atoms with E-state index in [4.69, 9.17) is 0 Å². The number of hydrogen-bond acceptors (Lipinski definition) is 3. The van der Waals surface area contributed by atoms with Crippen LogP contribution in [0.1, 0.15) is 5.56 Å². The van der Waals surface area contributed by atoms with Crippen LogP contribution in [0.2, 0.25) is 0 Å². The van der Waals surface area contributed by atoms with Gasteiger partial charge in [0.1, 0.15) is 0 Å². The summed E-state index contributed by atoms with van der Waals surface area (Å²) in [5.74, 6) is 0. The lowest BCUT2D eigenvalue weighted by atomic mass is 9.57. The zero-order valence-electron chi connectivity index (χ0n) is 45.0. The summed E-state index contributed by atoms with van der Waals surface area (Å²) in [6, 6.07) is 113. The molecule has 0 atom stereocenters. The van der Waals surface area contributed by atoms with Gasteiger partial charge in [0, 0.05) is 51.1 Å². The van der Waals surface area contributed by atoms with Gasteiger partial charge in [-0.05, 0) is 175 Å². The largest absolute Gasteiger partial charge is 0.355 e. The summed E-state index contributed by atoms with van der Waals surface area (Å²) >= 11 is 0. The highest BCUT2D eigenvalue weighted by atomic mass is 15.2. The fourth-order valence-electron chi connectivity index (χ4n) is 12.0. The van der Waals surface area contributed by atoms with E-state index < -0.39 is 0 Å².